The summed E-state index contributed by atoms with van der Waals surface area (Å²) in [5.41, 5.74) is 0. The zero-order valence-corrected chi connectivity index (χ0v) is 13.6. The van der Waals surface area contributed by atoms with E-state index in [9.17, 15) is 8.42 Å². The highest BCUT2D eigenvalue weighted by Crippen LogP contribution is 2.33. The molecule has 0 unspecified atom stereocenters. The summed E-state index contributed by atoms with van der Waals surface area (Å²) >= 11 is 3.34. The van der Waals surface area contributed by atoms with Crippen molar-refractivity contribution < 1.29 is 13.2 Å². The second-order valence-corrected chi connectivity index (χ2v) is 8.09. The first-order valence-corrected chi connectivity index (χ1v) is 8.80. The molecule has 1 aromatic carbocycles. The van der Waals surface area contributed by atoms with Crippen molar-refractivity contribution in [3.05, 3.63) is 22.7 Å². The van der Waals surface area contributed by atoms with Gasteiger partial charge in [-0.25, -0.2) is 8.42 Å². The molecule has 0 radical (unpaired) electrons. The van der Waals surface area contributed by atoms with E-state index in [-0.39, 0.29) is 0 Å². The first-order chi connectivity index (χ1) is 9.52. The maximum Gasteiger partial charge on any atom is 0.243 e. The quantitative estimate of drug-likeness (QED) is 0.882. The molecule has 0 saturated carbocycles. The van der Waals surface area contributed by atoms with Crippen molar-refractivity contribution in [1.82, 2.24) is 9.62 Å². The number of ether oxygens (including phenoxy) is 1. The molecule has 2 atom stereocenters. The van der Waals surface area contributed by atoms with Crippen molar-refractivity contribution in [3.8, 4) is 5.75 Å². The van der Waals surface area contributed by atoms with Crippen molar-refractivity contribution in [3.63, 3.8) is 0 Å². The van der Waals surface area contributed by atoms with E-state index < -0.39 is 10.0 Å². The average Bonchev–Trinajstić information content (AvgIpc) is 2.99. The maximum absolute atomic E-state index is 12.7. The first kappa shape index (κ1) is 14.3. The topological polar surface area (TPSA) is 58.6 Å². The number of hydrogen-bond donors (Lipinski definition) is 1. The summed E-state index contributed by atoms with van der Waals surface area (Å²) in [6.45, 7) is 3.07. The Morgan fingerprint density at radius 3 is 2.50 bits per heavy atom. The Labute approximate surface area is 127 Å². The third-order valence-electron chi connectivity index (χ3n) is 4.12. The predicted octanol–water partition coefficient (Wildman–Crippen LogP) is 1.30. The van der Waals surface area contributed by atoms with Crippen LogP contribution < -0.4 is 10.1 Å². The van der Waals surface area contributed by atoms with Gasteiger partial charge in [0.25, 0.3) is 0 Å². The van der Waals surface area contributed by atoms with E-state index in [4.69, 9.17) is 4.74 Å². The summed E-state index contributed by atoms with van der Waals surface area (Å²) < 4.78 is 32.7. The predicted molar refractivity (Wildman–Crippen MR) is 79.3 cm³/mol. The van der Waals surface area contributed by atoms with Crippen LogP contribution in [0.25, 0.3) is 0 Å². The summed E-state index contributed by atoms with van der Waals surface area (Å²) in [5, 5.41) is 3.31. The van der Waals surface area contributed by atoms with Gasteiger partial charge in [0.15, 0.2) is 0 Å². The summed E-state index contributed by atoms with van der Waals surface area (Å²) in [6, 6.07) is 4.89. The fourth-order valence-electron chi connectivity index (χ4n) is 2.97. The third-order valence-corrected chi connectivity index (χ3v) is 6.56. The Balaban J connectivity index is 1.87. The molecule has 2 aliphatic heterocycles. The molecular formula is C13H17BrN2O3S. The molecule has 0 amide bonds. The molecule has 0 aliphatic carbocycles. The minimum Gasteiger partial charge on any atom is -0.496 e. The number of hydrogen-bond acceptors (Lipinski definition) is 4. The Morgan fingerprint density at radius 2 is 1.95 bits per heavy atom. The number of sulfonamides is 1. The van der Waals surface area contributed by atoms with Crippen LogP contribution in [0.1, 0.15) is 0 Å². The van der Waals surface area contributed by atoms with Crippen molar-refractivity contribution >= 4 is 26.0 Å². The number of nitrogens with zero attached hydrogens (tertiary/aromatic N) is 1. The van der Waals surface area contributed by atoms with Crippen LogP contribution in [0, 0.1) is 11.8 Å². The molecule has 0 spiro atoms. The minimum absolute atomic E-state index is 0.318. The van der Waals surface area contributed by atoms with Crippen molar-refractivity contribution in [2.24, 2.45) is 11.8 Å². The smallest absolute Gasteiger partial charge is 0.243 e. The van der Waals surface area contributed by atoms with Crippen molar-refractivity contribution in [2.75, 3.05) is 33.3 Å². The molecule has 2 heterocycles. The molecular weight excluding hydrogens is 344 g/mol. The lowest BCUT2D eigenvalue weighted by Crippen LogP contribution is -2.31. The average molecular weight is 361 g/mol. The van der Waals surface area contributed by atoms with Crippen molar-refractivity contribution in [1.29, 1.82) is 0 Å². The Hall–Kier alpha value is -0.630. The van der Waals surface area contributed by atoms with Gasteiger partial charge in [0.2, 0.25) is 10.0 Å². The molecule has 1 N–H and O–H groups in total. The molecule has 5 nitrogen and oxygen atoms in total. The molecule has 7 heteroatoms. The molecule has 2 aliphatic rings. The zero-order chi connectivity index (χ0) is 14.3. The van der Waals surface area contributed by atoms with E-state index in [1.54, 1.807) is 29.6 Å². The number of rotatable bonds is 3. The Morgan fingerprint density at radius 1 is 1.30 bits per heavy atom. The summed E-state index contributed by atoms with van der Waals surface area (Å²) in [7, 11) is -1.85. The summed E-state index contributed by atoms with van der Waals surface area (Å²) in [5.74, 6) is 1.53. The van der Waals surface area contributed by atoms with Crippen LogP contribution in [0.2, 0.25) is 0 Å². The van der Waals surface area contributed by atoms with E-state index in [2.05, 4.69) is 21.2 Å². The molecule has 20 heavy (non-hydrogen) atoms. The second kappa shape index (κ2) is 5.29. The van der Waals surface area contributed by atoms with Gasteiger partial charge in [-0.3, -0.25) is 0 Å². The molecule has 2 fully saturated rings. The molecule has 110 valence electrons. The number of benzene rings is 1. The van der Waals surface area contributed by atoms with Gasteiger partial charge in [-0.2, -0.15) is 4.31 Å². The van der Waals surface area contributed by atoms with E-state index in [0.717, 1.165) is 13.1 Å². The summed E-state index contributed by atoms with van der Waals surface area (Å²) in [6.07, 6.45) is 0. The van der Waals surface area contributed by atoms with Gasteiger partial charge in [0, 0.05) is 13.1 Å². The lowest BCUT2D eigenvalue weighted by molar-refractivity contribution is 0.411. The van der Waals surface area contributed by atoms with Gasteiger partial charge in [-0.15, -0.1) is 0 Å². The van der Waals surface area contributed by atoms with Crippen LogP contribution in [-0.2, 0) is 10.0 Å². The first-order valence-electron chi connectivity index (χ1n) is 6.57. The van der Waals surface area contributed by atoms with E-state index in [1.807, 2.05) is 0 Å². The van der Waals surface area contributed by atoms with Crippen LogP contribution >= 0.6 is 15.9 Å². The monoisotopic (exact) mass is 360 g/mol. The van der Waals surface area contributed by atoms with Gasteiger partial charge < -0.3 is 10.1 Å². The highest BCUT2D eigenvalue weighted by atomic mass is 79.9. The number of nitrogens with one attached hydrogen (secondary N) is 1. The lowest BCUT2D eigenvalue weighted by Gasteiger charge is -2.18. The normalized spacial score (nSPS) is 26.7. The van der Waals surface area contributed by atoms with Crippen molar-refractivity contribution in [2.45, 2.75) is 4.90 Å². The zero-order valence-electron chi connectivity index (χ0n) is 11.2. The van der Waals surface area contributed by atoms with Crippen LogP contribution in [0.3, 0.4) is 0 Å². The van der Waals surface area contributed by atoms with Gasteiger partial charge in [-0.1, -0.05) is 0 Å². The number of halogens is 1. The summed E-state index contributed by atoms with van der Waals surface area (Å²) in [4.78, 5) is 0.318. The molecule has 2 saturated heterocycles. The highest BCUT2D eigenvalue weighted by Gasteiger charge is 2.41. The maximum atomic E-state index is 12.7. The fourth-order valence-corrected chi connectivity index (χ4v) is 5.24. The van der Waals surface area contributed by atoms with E-state index in [0.29, 0.717) is 40.0 Å². The minimum atomic E-state index is -3.41. The second-order valence-electron chi connectivity index (χ2n) is 5.30. The Kier molecular flexibility index (Phi) is 3.79. The lowest BCUT2D eigenvalue weighted by atomic mass is 10.0. The molecule has 3 rings (SSSR count). The van der Waals surface area contributed by atoms with Crippen LogP contribution in [0.15, 0.2) is 27.6 Å². The van der Waals surface area contributed by atoms with E-state index in [1.165, 1.54) is 0 Å². The standard InChI is InChI=1S/C13H17BrN2O3S/c1-19-13-3-2-11(4-12(13)14)20(17,18)16-7-9-5-15-6-10(9)8-16/h2-4,9-10,15H,5-8H2,1H3/t9-,10+. The van der Waals surface area contributed by atoms with Gasteiger partial charge in [0.05, 0.1) is 16.5 Å². The highest BCUT2D eigenvalue weighted by molar-refractivity contribution is 9.10. The van der Waals surface area contributed by atoms with Gasteiger partial charge in [-0.05, 0) is 59.1 Å². The van der Waals surface area contributed by atoms with Crippen LogP contribution in [0.5, 0.6) is 5.75 Å². The molecule has 0 bridgehead atoms. The van der Waals surface area contributed by atoms with Crippen LogP contribution in [0.4, 0.5) is 0 Å². The molecule has 1 aromatic rings. The Bertz CT molecular complexity index is 608. The molecule has 0 aromatic heterocycles. The SMILES string of the molecule is COc1ccc(S(=O)(=O)N2C[C@H]3CNC[C@H]3C2)cc1Br. The largest absolute Gasteiger partial charge is 0.496 e. The van der Waals surface area contributed by atoms with Gasteiger partial charge in [0.1, 0.15) is 5.75 Å². The fraction of sp³-hybridized carbons (Fsp3) is 0.538. The third kappa shape index (κ3) is 2.36. The van der Waals surface area contributed by atoms with Crippen LogP contribution in [-0.4, -0.2) is 46.0 Å². The number of methoxy groups -OCH3 is 1. The van der Waals surface area contributed by atoms with Gasteiger partial charge >= 0.3 is 0 Å². The van der Waals surface area contributed by atoms with E-state index >= 15 is 0 Å². The number of fused-ring (bicyclic) bond motifs is 1.